The predicted octanol–water partition coefficient (Wildman–Crippen LogP) is 4.85. The van der Waals surface area contributed by atoms with Crippen LogP contribution in [0, 0.1) is 24.1 Å². The third-order valence-electron chi connectivity index (χ3n) is 3.76. The molecular weight excluding hydrogens is 323 g/mol. The molecule has 3 rings (SSSR count). The highest BCUT2D eigenvalue weighted by Gasteiger charge is 2.12. The van der Waals surface area contributed by atoms with Crippen LogP contribution in [0.4, 0.5) is 4.39 Å². The summed E-state index contributed by atoms with van der Waals surface area (Å²) < 4.78 is 18.8. The molecule has 120 valence electrons. The molecule has 1 aromatic heterocycles. The highest BCUT2D eigenvalue weighted by molar-refractivity contribution is 7.98. The van der Waals surface area contributed by atoms with Gasteiger partial charge in [-0.15, -0.1) is 11.8 Å². The first-order valence-electron chi connectivity index (χ1n) is 7.38. The first kappa shape index (κ1) is 16.3. The number of pyridine rings is 1. The van der Waals surface area contributed by atoms with E-state index in [1.807, 2.05) is 24.3 Å². The van der Waals surface area contributed by atoms with Gasteiger partial charge in [0, 0.05) is 16.5 Å². The molecule has 0 bridgehead atoms. The van der Waals surface area contributed by atoms with Crippen LogP contribution in [-0.2, 0) is 5.75 Å². The van der Waals surface area contributed by atoms with Gasteiger partial charge in [0.2, 0.25) is 0 Å². The first-order chi connectivity index (χ1) is 11.6. The van der Waals surface area contributed by atoms with Crippen molar-refractivity contribution >= 4 is 22.5 Å². The fourth-order valence-corrected chi connectivity index (χ4v) is 3.52. The van der Waals surface area contributed by atoms with E-state index in [9.17, 15) is 9.65 Å². The standard InChI is InChI=1S/C19H15FN2OS/c1-12-18(10-21)16-8-5-14(20)9-17(16)19(22-12)24-11-13-3-6-15(23-2)7-4-13/h3-9H,11H2,1-2H3. The zero-order valence-electron chi connectivity index (χ0n) is 13.3. The lowest BCUT2D eigenvalue weighted by Gasteiger charge is -2.10. The van der Waals surface area contributed by atoms with Gasteiger partial charge in [0.15, 0.2) is 0 Å². The second-order valence-electron chi connectivity index (χ2n) is 5.32. The van der Waals surface area contributed by atoms with E-state index < -0.39 is 0 Å². The predicted molar refractivity (Wildman–Crippen MR) is 93.7 cm³/mol. The SMILES string of the molecule is COc1ccc(CSc2nc(C)c(C#N)c3ccc(F)cc23)cc1. The van der Waals surface area contributed by atoms with Crippen LogP contribution in [0.2, 0.25) is 0 Å². The zero-order valence-corrected chi connectivity index (χ0v) is 14.2. The van der Waals surface area contributed by atoms with Crippen molar-refractivity contribution < 1.29 is 9.13 Å². The van der Waals surface area contributed by atoms with Gasteiger partial charge in [-0.1, -0.05) is 12.1 Å². The number of nitrogens with zero attached hydrogens (tertiary/aromatic N) is 2. The number of aromatic nitrogens is 1. The number of hydrogen-bond acceptors (Lipinski definition) is 4. The van der Waals surface area contributed by atoms with E-state index in [1.165, 1.54) is 23.9 Å². The van der Waals surface area contributed by atoms with Crippen molar-refractivity contribution in [1.29, 1.82) is 5.26 Å². The average Bonchev–Trinajstić information content (AvgIpc) is 2.60. The van der Waals surface area contributed by atoms with E-state index in [2.05, 4.69) is 11.1 Å². The number of aryl methyl sites for hydroxylation is 1. The number of halogens is 1. The van der Waals surface area contributed by atoms with Crippen molar-refractivity contribution in [1.82, 2.24) is 4.98 Å². The number of fused-ring (bicyclic) bond motifs is 1. The van der Waals surface area contributed by atoms with Gasteiger partial charge in [-0.3, -0.25) is 0 Å². The molecule has 0 aliphatic rings. The van der Waals surface area contributed by atoms with Crippen LogP contribution in [0.25, 0.3) is 10.8 Å². The summed E-state index contributed by atoms with van der Waals surface area (Å²) in [6, 6.07) is 14.4. The lowest BCUT2D eigenvalue weighted by atomic mass is 10.1. The number of ether oxygens (including phenoxy) is 1. The molecule has 0 saturated heterocycles. The van der Waals surface area contributed by atoms with Gasteiger partial charge in [0.1, 0.15) is 22.7 Å². The topological polar surface area (TPSA) is 45.9 Å². The summed E-state index contributed by atoms with van der Waals surface area (Å²) in [6.45, 7) is 1.80. The number of benzene rings is 2. The maximum Gasteiger partial charge on any atom is 0.123 e. The van der Waals surface area contributed by atoms with Crippen LogP contribution in [0.3, 0.4) is 0 Å². The number of methoxy groups -OCH3 is 1. The van der Waals surface area contributed by atoms with Crippen molar-refractivity contribution in [3.63, 3.8) is 0 Å². The Morgan fingerprint density at radius 1 is 1.17 bits per heavy atom. The molecule has 1 heterocycles. The van der Waals surface area contributed by atoms with Gasteiger partial charge >= 0.3 is 0 Å². The molecule has 5 heteroatoms. The normalized spacial score (nSPS) is 10.6. The molecule has 0 atom stereocenters. The Morgan fingerprint density at radius 3 is 2.58 bits per heavy atom. The molecule has 24 heavy (non-hydrogen) atoms. The molecule has 0 amide bonds. The van der Waals surface area contributed by atoms with E-state index in [-0.39, 0.29) is 5.82 Å². The number of thioether (sulfide) groups is 1. The third-order valence-corrected chi connectivity index (χ3v) is 4.82. The maximum atomic E-state index is 13.7. The Bertz CT molecular complexity index is 933. The fraction of sp³-hybridized carbons (Fsp3) is 0.158. The Kier molecular flexibility index (Phi) is 4.68. The van der Waals surface area contributed by atoms with Crippen LogP contribution in [0.15, 0.2) is 47.5 Å². The summed E-state index contributed by atoms with van der Waals surface area (Å²) in [6.07, 6.45) is 0. The summed E-state index contributed by atoms with van der Waals surface area (Å²) in [5, 5.41) is 11.5. The van der Waals surface area contributed by atoms with Gasteiger partial charge < -0.3 is 4.74 Å². The second-order valence-corrected chi connectivity index (χ2v) is 6.28. The van der Waals surface area contributed by atoms with Crippen LogP contribution in [0.1, 0.15) is 16.8 Å². The molecule has 2 aromatic carbocycles. The van der Waals surface area contributed by atoms with Crippen LogP contribution in [-0.4, -0.2) is 12.1 Å². The van der Waals surface area contributed by atoms with Crippen molar-refractivity contribution in [3.8, 4) is 11.8 Å². The average molecular weight is 338 g/mol. The van der Waals surface area contributed by atoms with Crippen molar-refractivity contribution in [2.45, 2.75) is 17.7 Å². The number of nitriles is 1. The highest BCUT2D eigenvalue weighted by atomic mass is 32.2. The largest absolute Gasteiger partial charge is 0.497 e. The molecule has 3 nitrogen and oxygen atoms in total. The Hall–Kier alpha value is -2.58. The van der Waals surface area contributed by atoms with Gasteiger partial charge in [0.25, 0.3) is 0 Å². The first-order valence-corrected chi connectivity index (χ1v) is 8.36. The van der Waals surface area contributed by atoms with E-state index in [0.29, 0.717) is 22.4 Å². The molecule has 0 aliphatic heterocycles. The summed E-state index contributed by atoms with van der Waals surface area (Å²) in [7, 11) is 1.63. The Balaban J connectivity index is 1.96. The van der Waals surface area contributed by atoms with Gasteiger partial charge in [-0.25, -0.2) is 9.37 Å². The minimum atomic E-state index is -0.330. The lowest BCUT2D eigenvalue weighted by molar-refractivity contribution is 0.414. The monoisotopic (exact) mass is 338 g/mol. The minimum Gasteiger partial charge on any atom is -0.497 e. The highest BCUT2D eigenvalue weighted by Crippen LogP contribution is 2.32. The lowest BCUT2D eigenvalue weighted by Crippen LogP contribution is -1.95. The van der Waals surface area contributed by atoms with Gasteiger partial charge in [-0.2, -0.15) is 5.26 Å². The molecule has 0 aliphatic carbocycles. The van der Waals surface area contributed by atoms with Crippen LogP contribution >= 0.6 is 11.8 Å². The molecule has 3 aromatic rings. The van der Waals surface area contributed by atoms with Crippen molar-refractivity contribution in [2.24, 2.45) is 0 Å². The van der Waals surface area contributed by atoms with Crippen molar-refractivity contribution in [2.75, 3.05) is 7.11 Å². The summed E-state index contributed by atoms with van der Waals surface area (Å²) >= 11 is 1.53. The van der Waals surface area contributed by atoms with E-state index in [1.54, 1.807) is 20.1 Å². The smallest absolute Gasteiger partial charge is 0.123 e. The molecule has 0 unspecified atom stereocenters. The molecule has 0 saturated carbocycles. The number of rotatable bonds is 4. The van der Waals surface area contributed by atoms with Gasteiger partial charge in [0.05, 0.1) is 18.4 Å². The zero-order chi connectivity index (χ0) is 17.1. The van der Waals surface area contributed by atoms with E-state index in [4.69, 9.17) is 4.74 Å². The molecule has 0 spiro atoms. The summed E-state index contributed by atoms with van der Waals surface area (Å²) in [4.78, 5) is 4.51. The minimum absolute atomic E-state index is 0.330. The van der Waals surface area contributed by atoms with E-state index >= 15 is 0 Å². The second kappa shape index (κ2) is 6.90. The Labute approximate surface area is 144 Å². The summed E-state index contributed by atoms with van der Waals surface area (Å²) in [5.74, 6) is 1.18. The van der Waals surface area contributed by atoms with Crippen LogP contribution < -0.4 is 4.74 Å². The molecule has 0 fully saturated rings. The number of hydrogen-bond donors (Lipinski definition) is 0. The quantitative estimate of drug-likeness (QED) is 0.638. The molecule has 0 N–H and O–H groups in total. The van der Waals surface area contributed by atoms with Crippen LogP contribution in [0.5, 0.6) is 5.75 Å². The Morgan fingerprint density at radius 2 is 1.92 bits per heavy atom. The molecular formula is C19H15FN2OS. The molecule has 0 radical (unpaired) electrons. The fourth-order valence-electron chi connectivity index (χ4n) is 2.50. The van der Waals surface area contributed by atoms with E-state index in [0.717, 1.165) is 21.7 Å². The third kappa shape index (κ3) is 3.19. The van der Waals surface area contributed by atoms with Gasteiger partial charge in [-0.05, 0) is 42.8 Å². The van der Waals surface area contributed by atoms with Crippen molar-refractivity contribution in [3.05, 3.63) is 65.1 Å². The maximum absolute atomic E-state index is 13.7. The summed E-state index contributed by atoms with van der Waals surface area (Å²) in [5.41, 5.74) is 2.28.